The lowest BCUT2D eigenvalue weighted by atomic mass is 10.1. The number of carbonyl (C=O) groups excluding carboxylic acids is 1. The Morgan fingerprint density at radius 3 is 2.54 bits per heavy atom. The lowest BCUT2D eigenvalue weighted by Crippen LogP contribution is -2.31. The number of nitrogens with zero attached hydrogens (tertiary/aromatic N) is 1. The molecule has 9 heteroatoms. The maximum Gasteiger partial charge on any atom is 0.308 e. The van der Waals surface area contributed by atoms with Gasteiger partial charge in [-0.25, -0.2) is 8.42 Å². The Kier molecular flexibility index (Phi) is 5.28. The Hall–Kier alpha value is -2.39. The van der Waals surface area contributed by atoms with Gasteiger partial charge in [0.15, 0.2) is 0 Å². The Bertz CT molecular complexity index is 892. The standard InChI is InChI=1S/C17H18N2O5S2/c20-15(19-8-7-13(11-19)17(21)22)10-12-3-5-14(6-4-12)18-26(23,24)16-2-1-9-25-16/h1-6,9,13,18H,7-8,10-11H2,(H,21,22). The summed E-state index contributed by atoms with van der Waals surface area (Å²) in [5, 5.41) is 10.7. The number of amides is 1. The van der Waals surface area contributed by atoms with Gasteiger partial charge in [0.1, 0.15) is 4.21 Å². The molecular weight excluding hydrogens is 376 g/mol. The third kappa shape index (κ3) is 4.23. The monoisotopic (exact) mass is 394 g/mol. The predicted molar refractivity (Wildman–Crippen MR) is 97.6 cm³/mol. The Balaban J connectivity index is 1.60. The fourth-order valence-electron chi connectivity index (χ4n) is 2.79. The third-order valence-corrected chi connectivity index (χ3v) is 6.99. The zero-order chi connectivity index (χ0) is 18.7. The molecule has 1 saturated heterocycles. The molecule has 1 aromatic heterocycles. The highest BCUT2D eigenvalue weighted by molar-refractivity contribution is 7.94. The molecule has 26 heavy (non-hydrogen) atoms. The van der Waals surface area contributed by atoms with E-state index >= 15 is 0 Å². The largest absolute Gasteiger partial charge is 0.481 e. The van der Waals surface area contributed by atoms with Crippen molar-refractivity contribution in [2.75, 3.05) is 17.8 Å². The molecule has 1 unspecified atom stereocenters. The first kappa shape index (κ1) is 18.4. The first-order chi connectivity index (χ1) is 12.3. The van der Waals surface area contributed by atoms with Crippen LogP contribution in [0.5, 0.6) is 0 Å². The maximum atomic E-state index is 12.3. The van der Waals surface area contributed by atoms with E-state index in [1.807, 2.05) is 0 Å². The van der Waals surface area contributed by atoms with E-state index in [9.17, 15) is 18.0 Å². The minimum Gasteiger partial charge on any atom is -0.481 e. The van der Waals surface area contributed by atoms with Crippen molar-refractivity contribution in [3.63, 3.8) is 0 Å². The summed E-state index contributed by atoms with van der Waals surface area (Å²) < 4.78 is 27.1. The van der Waals surface area contributed by atoms with Gasteiger partial charge in [0.2, 0.25) is 5.91 Å². The number of carboxylic acid groups (broad SMARTS) is 1. The van der Waals surface area contributed by atoms with E-state index in [4.69, 9.17) is 5.11 Å². The average molecular weight is 394 g/mol. The fraction of sp³-hybridized carbons (Fsp3) is 0.294. The van der Waals surface area contributed by atoms with Gasteiger partial charge in [-0.1, -0.05) is 18.2 Å². The summed E-state index contributed by atoms with van der Waals surface area (Å²) in [6.45, 7) is 0.696. The molecule has 2 N–H and O–H groups in total. The molecule has 1 aromatic carbocycles. The van der Waals surface area contributed by atoms with Crippen molar-refractivity contribution in [2.24, 2.45) is 5.92 Å². The number of likely N-dealkylation sites (tertiary alicyclic amines) is 1. The van der Waals surface area contributed by atoms with Crippen LogP contribution in [0, 0.1) is 5.92 Å². The van der Waals surface area contributed by atoms with Crippen LogP contribution in [0.4, 0.5) is 5.69 Å². The van der Waals surface area contributed by atoms with Gasteiger partial charge in [0.25, 0.3) is 10.0 Å². The number of aliphatic carboxylic acids is 1. The first-order valence-electron chi connectivity index (χ1n) is 8.01. The molecule has 0 saturated carbocycles. The summed E-state index contributed by atoms with van der Waals surface area (Å²) in [5.74, 6) is -1.49. The van der Waals surface area contributed by atoms with Crippen molar-refractivity contribution in [3.8, 4) is 0 Å². The lowest BCUT2D eigenvalue weighted by Gasteiger charge is -2.16. The van der Waals surface area contributed by atoms with Gasteiger partial charge in [0.05, 0.1) is 12.3 Å². The van der Waals surface area contributed by atoms with E-state index in [1.54, 1.807) is 40.6 Å². The van der Waals surface area contributed by atoms with Gasteiger partial charge in [-0.2, -0.15) is 0 Å². The average Bonchev–Trinajstić information content (AvgIpc) is 3.28. The number of hydrogen-bond acceptors (Lipinski definition) is 5. The molecule has 0 aliphatic carbocycles. The van der Waals surface area contributed by atoms with Gasteiger partial charge in [-0.05, 0) is 35.6 Å². The Morgan fingerprint density at radius 2 is 1.96 bits per heavy atom. The zero-order valence-corrected chi connectivity index (χ0v) is 15.4. The number of rotatable bonds is 6. The molecule has 1 aliphatic rings. The molecule has 1 atom stereocenters. The van der Waals surface area contributed by atoms with Crippen LogP contribution in [0.25, 0.3) is 0 Å². The summed E-state index contributed by atoms with van der Waals surface area (Å²) in [6, 6.07) is 9.79. The minimum absolute atomic E-state index is 0.124. The van der Waals surface area contributed by atoms with Gasteiger partial charge in [-0.3, -0.25) is 14.3 Å². The second kappa shape index (κ2) is 7.46. The number of sulfonamides is 1. The second-order valence-corrected chi connectivity index (χ2v) is 8.93. The smallest absolute Gasteiger partial charge is 0.308 e. The highest BCUT2D eigenvalue weighted by atomic mass is 32.2. The lowest BCUT2D eigenvalue weighted by molar-refractivity contribution is -0.141. The molecule has 0 radical (unpaired) electrons. The van der Waals surface area contributed by atoms with E-state index in [1.165, 1.54) is 6.07 Å². The van der Waals surface area contributed by atoms with Gasteiger partial charge in [0, 0.05) is 18.8 Å². The maximum absolute atomic E-state index is 12.3. The van der Waals surface area contributed by atoms with Crippen molar-refractivity contribution in [3.05, 3.63) is 47.3 Å². The van der Waals surface area contributed by atoms with Crippen LogP contribution in [0.1, 0.15) is 12.0 Å². The number of hydrogen-bond donors (Lipinski definition) is 2. The van der Waals surface area contributed by atoms with Crippen molar-refractivity contribution in [1.29, 1.82) is 0 Å². The number of benzene rings is 1. The van der Waals surface area contributed by atoms with Crippen LogP contribution in [-0.2, 0) is 26.0 Å². The molecule has 0 bridgehead atoms. The quantitative estimate of drug-likeness (QED) is 0.780. The normalized spacial score (nSPS) is 17.2. The third-order valence-electron chi connectivity index (χ3n) is 4.21. The molecule has 2 aromatic rings. The SMILES string of the molecule is O=C(O)C1CCN(C(=O)Cc2ccc(NS(=O)(=O)c3cccs3)cc2)C1. The second-order valence-electron chi connectivity index (χ2n) is 6.07. The molecule has 1 aliphatic heterocycles. The summed E-state index contributed by atoms with van der Waals surface area (Å²) in [7, 11) is -3.60. The summed E-state index contributed by atoms with van der Waals surface area (Å²) in [4.78, 5) is 24.8. The Morgan fingerprint density at radius 1 is 1.23 bits per heavy atom. The molecular formula is C17H18N2O5S2. The molecule has 1 amide bonds. The fourth-order valence-corrected chi connectivity index (χ4v) is 4.84. The number of thiophene rings is 1. The van der Waals surface area contributed by atoms with Gasteiger partial charge < -0.3 is 10.0 Å². The zero-order valence-electron chi connectivity index (χ0n) is 13.8. The molecule has 0 spiro atoms. The van der Waals surface area contributed by atoms with Crippen LogP contribution in [0.15, 0.2) is 46.0 Å². The molecule has 2 heterocycles. The van der Waals surface area contributed by atoms with Crippen LogP contribution in [0.3, 0.4) is 0 Å². The van der Waals surface area contributed by atoms with Crippen molar-refractivity contribution in [1.82, 2.24) is 4.90 Å². The summed E-state index contributed by atoms with van der Waals surface area (Å²) in [5.41, 5.74) is 1.16. The van der Waals surface area contributed by atoms with E-state index in [0.29, 0.717) is 18.7 Å². The van der Waals surface area contributed by atoms with Crippen LogP contribution >= 0.6 is 11.3 Å². The number of anilines is 1. The minimum atomic E-state index is -3.60. The van der Waals surface area contributed by atoms with Gasteiger partial charge in [-0.15, -0.1) is 11.3 Å². The molecule has 1 fully saturated rings. The van der Waals surface area contributed by atoms with E-state index in [-0.39, 0.29) is 23.1 Å². The van der Waals surface area contributed by atoms with E-state index in [2.05, 4.69) is 4.72 Å². The summed E-state index contributed by atoms with van der Waals surface area (Å²) >= 11 is 1.13. The van der Waals surface area contributed by atoms with E-state index in [0.717, 1.165) is 16.9 Å². The van der Waals surface area contributed by atoms with Crippen molar-refractivity contribution in [2.45, 2.75) is 17.1 Å². The first-order valence-corrected chi connectivity index (χ1v) is 10.4. The topological polar surface area (TPSA) is 104 Å². The van der Waals surface area contributed by atoms with Crippen molar-refractivity contribution < 1.29 is 23.1 Å². The highest BCUT2D eigenvalue weighted by Crippen LogP contribution is 2.21. The van der Waals surface area contributed by atoms with Crippen LogP contribution < -0.4 is 4.72 Å². The number of nitrogens with one attached hydrogen (secondary N) is 1. The predicted octanol–water partition coefficient (Wildman–Crippen LogP) is 2.02. The van der Waals surface area contributed by atoms with Crippen LogP contribution in [0.2, 0.25) is 0 Å². The van der Waals surface area contributed by atoms with E-state index < -0.39 is 21.9 Å². The molecule has 138 valence electrons. The molecule has 3 rings (SSSR count). The number of carbonyl (C=O) groups is 2. The van der Waals surface area contributed by atoms with Crippen LogP contribution in [-0.4, -0.2) is 43.4 Å². The summed E-state index contributed by atoms with van der Waals surface area (Å²) in [6.07, 6.45) is 0.634. The molecule has 7 nitrogen and oxygen atoms in total. The van der Waals surface area contributed by atoms with Gasteiger partial charge >= 0.3 is 5.97 Å². The van der Waals surface area contributed by atoms with Crippen molar-refractivity contribution >= 4 is 38.9 Å². The Labute approximate surface area is 155 Å². The highest BCUT2D eigenvalue weighted by Gasteiger charge is 2.30. The number of carboxylic acids is 1.